The van der Waals surface area contributed by atoms with Crippen molar-refractivity contribution in [1.82, 2.24) is 5.32 Å². The second-order valence-electron chi connectivity index (χ2n) is 5.86. The van der Waals surface area contributed by atoms with Gasteiger partial charge in [-0.05, 0) is 52.3 Å². The molecule has 2 unspecified atom stereocenters. The topological polar surface area (TPSA) is 55.1 Å². The van der Waals surface area contributed by atoms with Crippen LogP contribution in [0.2, 0.25) is 0 Å². The summed E-state index contributed by atoms with van der Waals surface area (Å²) in [4.78, 5) is 13.1. The number of thioether (sulfide) groups is 1. The Morgan fingerprint density at radius 1 is 1.32 bits per heavy atom. The zero-order chi connectivity index (χ0) is 14.6. The Bertz CT molecular complexity index is 438. The maximum absolute atomic E-state index is 12.0. The number of hydrogen-bond acceptors (Lipinski definition) is 3. The lowest BCUT2D eigenvalue weighted by atomic mass is 10.1. The van der Waals surface area contributed by atoms with Crippen molar-refractivity contribution in [2.45, 2.75) is 56.3 Å². The summed E-state index contributed by atoms with van der Waals surface area (Å²) in [7, 11) is 0. The van der Waals surface area contributed by atoms with Crippen LogP contribution in [0.5, 0.6) is 0 Å². The van der Waals surface area contributed by atoms with E-state index < -0.39 is 0 Å². The monoisotopic (exact) mass is 280 g/mol. The van der Waals surface area contributed by atoms with E-state index in [2.05, 4.69) is 11.4 Å². The Balaban J connectivity index is 2.69. The average molecular weight is 280 g/mol. The fourth-order valence-electron chi connectivity index (χ4n) is 1.60. The molecule has 1 amide bonds. The van der Waals surface area contributed by atoms with Crippen LogP contribution in [0.1, 0.15) is 46.2 Å². The molecule has 19 heavy (non-hydrogen) atoms. The Morgan fingerprint density at radius 2 is 1.95 bits per heavy atom. The molecule has 0 aromatic heterocycles. The van der Waals surface area contributed by atoms with Crippen molar-refractivity contribution in [1.29, 1.82) is 0 Å². The van der Waals surface area contributed by atoms with E-state index in [1.807, 2.05) is 52.8 Å². The molecular weight excluding hydrogens is 256 g/mol. The third-order valence-electron chi connectivity index (χ3n) is 2.56. The van der Waals surface area contributed by atoms with E-state index in [4.69, 9.17) is 5.73 Å². The van der Waals surface area contributed by atoms with Crippen LogP contribution in [-0.4, -0.2) is 16.7 Å². The van der Waals surface area contributed by atoms with Gasteiger partial charge in [0, 0.05) is 16.5 Å². The van der Waals surface area contributed by atoms with Gasteiger partial charge in [-0.3, -0.25) is 4.79 Å². The normalized spacial score (nSPS) is 14.8. The molecule has 3 nitrogen and oxygen atoms in total. The Hall–Kier alpha value is -1.00. The van der Waals surface area contributed by atoms with Gasteiger partial charge in [0.1, 0.15) is 0 Å². The smallest absolute Gasteiger partial charge is 0.233 e. The van der Waals surface area contributed by atoms with Gasteiger partial charge in [-0.2, -0.15) is 0 Å². The second-order valence-corrected chi connectivity index (χ2v) is 7.27. The first-order chi connectivity index (χ1) is 8.69. The number of hydrogen-bond donors (Lipinski definition) is 2. The Morgan fingerprint density at radius 3 is 2.47 bits per heavy atom. The molecule has 0 aliphatic carbocycles. The zero-order valence-corrected chi connectivity index (χ0v) is 13.2. The van der Waals surface area contributed by atoms with Crippen molar-refractivity contribution < 1.29 is 4.79 Å². The minimum atomic E-state index is -0.195. The Labute approximate surface area is 120 Å². The quantitative estimate of drug-likeness (QED) is 0.833. The highest BCUT2D eigenvalue weighted by atomic mass is 32.2. The molecule has 0 heterocycles. The number of carbonyl (C=O) groups excluding carboxylic acids is 1. The number of nitrogens with two attached hydrogens (primary N) is 1. The first-order valence-electron chi connectivity index (χ1n) is 6.53. The molecule has 3 N–H and O–H groups in total. The van der Waals surface area contributed by atoms with Crippen LogP contribution in [0, 0.1) is 0 Å². The minimum Gasteiger partial charge on any atom is -0.351 e. The van der Waals surface area contributed by atoms with E-state index in [1.165, 1.54) is 0 Å². The van der Waals surface area contributed by atoms with Gasteiger partial charge in [-0.25, -0.2) is 0 Å². The summed E-state index contributed by atoms with van der Waals surface area (Å²) in [5.41, 5.74) is 6.76. The van der Waals surface area contributed by atoms with Crippen molar-refractivity contribution in [3.8, 4) is 0 Å². The average Bonchev–Trinajstić information content (AvgIpc) is 2.27. The molecule has 0 saturated carbocycles. The van der Waals surface area contributed by atoms with Gasteiger partial charge in [-0.1, -0.05) is 12.1 Å². The molecule has 1 rings (SSSR count). The lowest BCUT2D eigenvalue weighted by Crippen LogP contribution is -2.44. The van der Waals surface area contributed by atoms with Crippen LogP contribution in [-0.2, 0) is 4.79 Å². The standard InChI is InChI=1S/C15H24N2OS/c1-10(16)12-7-6-8-13(9-12)19-11(2)14(18)17-15(3,4)5/h6-11H,16H2,1-5H3,(H,17,18). The van der Waals surface area contributed by atoms with E-state index in [9.17, 15) is 4.79 Å². The summed E-state index contributed by atoms with van der Waals surface area (Å²) in [6, 6.07) is 8.07. The van der Waals surface area contributed by atoms with Gasteiger partial charge in [-0.15, -0.1) is 11.8 Å². The largest absolute Gasteiger partial charge is 0.351 e. The summed E-state index contributed by atoms with van der Waals surface area (Å²) >= 11 is 1.56. The summed E-state index contributed by atoms with van der Waals surface area (Å²) < 4.78 is 0. The summed E-state index contributed by atoms with van der Waals surface area (Å²) in [6.07, 6.45) is 0. The molecule has 4 heteroatoms. The van der Waals surface area contributed by atoms with Crippen LogP contribution in [0.15, 0.2) is 29.2 Å². The first kappa shape index (κ1) is 16.1. The van der Waals surface area contributed by atoms with Gasteiger partial charge < -0.3 is 11.1 Å². The molecule has 0 aliphatic heterocycles. The molecule has 1 aromatic rings. The Kier molecular flexibility index (Phi) is 5.44. The molecule has 0 saturated heterocycles. The van der Waals surface area contributed by atoms with E-state index in [0.717, 1.165) is 10.5 Å². The van der Waals surface area contributed by atoms with Gasteiger partial charge in [0.25, 0.3) is 0 Å². The fraction of sp³-hybridized carbons (Fsp3) is 0.533. The van der Waals surface area contributed by atoms with Crippen molar-refractivity contribution in [2.24, 2.45) is 5.73 Å². The highest BCUT2D eigenvalue weighted by Crippen LogP contribution is 2.26. The highest BCUT2D eigenvalue weighted by Gasteiger charge is 2.20. The van der Waals surface area contributed by atoms with Crippen molar-refractivity contribution in [3.05, 3.63) is 29.8 Å². The predicted molar refractivity (Wildman–Crippen MR) is 82.3 cm³/mol. The van der Waals surface area contributed by atoms with Crippen LogP contribution in [0.3, 0.4) is 0 Å². The van der Waals surface area contributed by atoms with Gasteiger partial charge in [0.05, 0.1) is 5.25 Å². The lowest BCUT2D eigenvalue weighted by Gasteiger charge is -2.23. The molecule has 2 atom stereocenters. The molecular formula is C15H24N2OS. The summed E-state index contributed by atoms with van der Waals surface area (Å²) in [6.45, 7) is 9.83. The zero-order valence-electron chi connectivity index (χ0n) is 12.4. The maximum Gasteiger partial charge on any atom is 0.233 e. The van der Waals surface area contributed by atoms with Gasteiger partial charge in [0.15, 0.2) is 0 Å². The van der Waals surface area contributed by atoms with Crippen LogP contribution in [0.4, 0.5) is 0 Å². The number of nitrogens with one attached hydrogen (secondary N) is 1. The van der Waals surface area contributed by atoms with Gasteiger partial charge >= 0.3 is 0 Å². The number of carbonyl (C=O) groups is 1. The molecule has 0 fully saturated rings. The van der Waals surface area contributed by atoms with Crippen molar-refractivity contribution >= 4 is 17.7 Å². The molecule has 0 spiro atoms. The second kappa shape index (κ2) is 6.44. The predicted octanol–water partition coefficient (Wildman–Crippen LogP) is 3.10. The maximum atomic E-state index is 12.0. The summed E-state index contributed by atoms with van der Waals surface area (Å²) in [5.74, 6) is 0.0590. The lowest BCUT2D eigenvalue weighted by molar-refractivity contribution is -0.121. The third kappa shape index (κ3) is 5.66. The molecule has 0 radical (unpaired) electrons. The van der Waals surface area contributed by atoms with Crippen molar-refractivity contribution in [3.63, 3.8) is 0 Å². The molecule has 1 aromatic carbocycles. The van der Waals surface area contributed by atoms with Gasteiger partial charge in [0.2, 0.25) is 5.91 Å². The number of amides is 1. The first-order valence-corrected chi connectivity index (χ1v) is 7.41. The fourth-order valence-corrected chi connectivity index (χ4v) is 2.54. The summed E-state index contributed by atoms with van der Waals surface area (Å²) in [5, 5.41) is 2.87. The molecule has 0 aliphatic rings. The van der Waals surface area contributed by atoms with E-state index in [-0.39, 0.29) is 22.7 Å². The van der Waals surface area contributed by atoms with E-state index >= 15 is 0 Å². The third-order valence-corrected chi connectivity index (χ3v) is 3.66. The SMILES string of the molecule is CC(Sc1cccc(C(C)N)c1)C(=O)NC(C)(C)C. The van der Waals surface area contributed by atoms with E-state index in [0.29, 0.717) is 0 Å². The van der Waals surface area contributed by atoms with Crippen LogP contribution in [0.25, 0.3) is 0 Å². The minimum absolute atomic E-state index is 0.0132. The van der Waals surface area contributed by atoms with Crippen LogP contribution >= 0.6 is 11.8 Å². The highest BCUT2D eigenvalue weighted by molar-refractivity contribution is 8.00. The number of rotatable bonds is 4. The molecule has 0 bridgehead atoms. The number of benzene rings is 1. The van der Waals surface area contributed by atoms with E-state index in [1.54, 1.807) is 11.8 Å². The van der Waals surface area contributed by atoms with Crippen molar-refractivity contribution in [2.75, 3.05) is 0 Å². The van der Waals surface area contributed by atoms with Crippen LogP contribution < -0.4 is 11.1 Å². The molecule has 106 valence electrons.